The second kappa shape index (κ2) is 17.2. The minimum Gasteiger partial charge on any atom is -0.488 e. The van der Waals surface area contributed by atoms with Crippen LogP contribution in [0.3, 0.4) is 0 Å². The van der Waals surface area contributed by atoms with Crippen molar-refractivity contribution in [2.24, 2.45) is 4.99 Å². The van der Waals surface area contributed by atoms with Crippen molar-refractivity contribution in [3.05, 3.63) is 54.4 Å². The molecule has 9 heteroatoms. The van der Waals surface area contributed by atoms with E-state index in [4.69, 9.17) is 9.47 Å². The van der Waals surface area contributed by atoms with Gasteiger partial charge in [0.2, 0.25) is 0 Å². The summed E-state index contributed by atoms with van der Waals surface area (Å²) in [6.07, 6.45) is 4.16. The first kappa shape index (κ1) is 33.6. The SMILES string of the molecule is C=C(Nc1ccc(NC(=O)NCCC(C)(C)F)cc1)c1c(F)cc(OC(C)COC)cc1N=CC.CCCC. The van der Waals surface area contributed by atoms with Gasteiger partial charge in [-0.3, -0.25) is 4.99 Å². The van der Waals surface area contributed by atoms with Crippen LogP contribution in [0.5, 0.6) is 5.75 Å². The van der Waals surface area contributed by atoms with E-state index in [-0.39, 0.29) is 24.6 Å². The first-order valence-electron chi connectivity index (χ1n) is 13.2. The predicted molar refractivity (Wildman–Crippen MR) is 159 cm³/mol. The van der Waals surface area contributed by atoms with Crippen LogP contribution in [0.15, 0.2) is 48.0 Å². The fourth-order valence-corrected chi connectivity index (χ4v) is 3.20. The standard InChI is InChI=1S/C26H34F2N4O3.C4H10/c1-7-29-23-15-21(35-17(2)16-34-6)14-22(27)24(23)18(3)31-19-8-10-20(11-9-19)32-25(33)30-13-12-26(4,5)28;1-3-4-2/h7-11,14-15,17,31H,3,12-13,16H2,1-2,4-6H3,(H2,30,32,33);3-4H2,1-2H3. The maximum absolute atomic E-state index is 15.0. The molecule has 216 valence electrons. The molecule has 0 heterocycles. The van der Waals surface area contributed by atoms with Gasteiger partial charge in [-0.15, -0.1) is 0 Å². The third kappa shape index (κ3) is 13.2. The Morgan fingerprint density at radius 3 is 2.23 bits per heavy atom. The highest BCUT2D eigenvalue weighted by atomic mass is 19.1. The number of nitrogens with one attached hydrogen (secondary N) is 3. The molecule has 2 amide bonds. The molecule has 7 nitrogen and oxygen atoms in total. The van der Waals surface area contributed by atoms with Crippen molar-refractivity contribution in [1.29, 1.82) is 0 Å². The quantitative estimate of drug-likeness (QED) is 0.222. The molecule has 0 saturated carbocycles. The Morgan fingerprint density at radius 1 is 1.13 bits per heavy atom. The number of rotatable bonds is 13. The summed E-state index contributed by atoms with van der Waals surface area (Å²) in [6, 6.07) is 9.32. The van der Waals surface area contributed by atoms with Gasteiger partial charge in [0.1, 0.15) is 23.3 Å². The summed E-state index contributed by atoms with van der Waals surface area (Å²) in [7, 11) is 1.57. The normalized spacial score (nSPS) is 11.8. The number of halogens is 2. The zero-order chi connectivity index (χ0) is 29.4. The number of amides is 2. The summed E-state index contributed by atoms with van der Waals surface area (Å²) in [5.74, 6) is -0.190. The summed E-state index contributed by atoms with van der Waals surface area (Å²) in [5, 5.41) is 8.36. The topological polar surface area (TPSA) is 84.0 Å². The van der Waals surface area contributed by atoms with Gasteiger partial charge in [-0.2, -0.15) is 0 Å². The lowest BCUT2D eigenvalue weighted by Crippen LogP contribution is -2.32. The van der Waals surface area contributed by atoms with E-state index in [9.17, 15) is 9.18 Å². The first-order valence-corrected chi connectivity index (χ1v) is 13.2. The summed E-state index contributed by atoms with van der Waals surface area (Å²) < 4.78 is 39.3. The van der Waals surface area contributed by atoms with Gasteiger partial charge < -0.3 is 25.4 Å². The number of hydrogen-bond acceptors (Lipinski definition) is 5. The van der Waals surface area contributed by atoms with Gasteiger partial charge >= 0.3 is 6.03 Å². The summed E-state index contributed by atoms with van der Waals surface area (Å²) in [4.78, 5) is 16.2. The van der Waals surface area contributed by atoms with Crippen molar-refractivity contribution in [2.75, 3.05) is 30.9 Å². The van der Waals surface area contributed by atoms with E-state index >= 15 is 4.39 Å². The van der Waals surface area contributed by atoms with Gasteiger partial charge in [0.25, 0.3) is 0 Å². The number of urea groups is 1. The summed E-state index contributed by atoms with van der Waals surface area (Å²) in [5.41, 5.74) is 0.739. The Kier molecular flexibility index (Phi) is 14.8. The lowest BCUT2D eigenvalue weighted by Gasteiger charge is -2.18. The Bertz CT molecular complexity index is 1070. The second-order valence-electron chi connectivity index (χ2n) is 9.60. The predicted octanol–water partition coefficient (Wildman–Crippen LogP) is 8.11. The Labute approximate surface area is 232 Å². The molecule has 3 N–H and O–H groups in total. The third-order valence-corrected chi connectivity index (χ3v) is 5.29. The zero-order valence-corrected chi connectivity index (χ0v) is 24.3. The molecule has 2 aromatic carbocycles. The van der Waals surface area contributed by atoms with Crippen LogP contribution in [-0.2, 0) is 4.74 Å². The fraction of sp³-hybridized carbons (Fsp3) is 0.467. The average molecular weight is 547 g/mol. The Hall–Kier alpha value is -3.46. The molecule has 1 unspecified atom stereocenters. The maximum atomic E-state index is 15.0. The third-order valence-electron chi connectivity index (χ3n) is 5.29. The molecule has 0 spiro atoms. The van der Waals surface area contributed by atoms with Crippen LogP contribution in [0.4, 0.5) is 30.6 Å². The minimum absolute atomic E-state index is 0.214. The minimum atomic E-state index is -1.35. The van der Waals surface area contributed by atoms with E-state index in [0.717, 1.165) is 0 Å². The molecule has 0 aliphatic carbocycles. The number of hydrogen-bond donors (Lipinski definition) is 3. The van der Waals surface area contributed by atoms with Crippen molar-refractivity contribution >= 4 is 35.0 Å². The summed E-state index contributed by atoms with van der Waals surface area (Å²) >= 11 is 0. The van der Waals surface area contributed by atoms with Gasteiger partial charge in [-0.05, 0) is 58.4 Å². The number of nitrogens with zero attached hydrogens (tertiary/aromatic N) is 1. The number of aliphatic imine (C=N–C) groups is 1. The highest BCUT2D eigenvalue weighted by Crippen LogP contribution is 2.34. The molecular formula is C30H44F2N4O3. The van der Waals surface area contributed by atoms with Gasteiger partial charge in [-0.25, -0.2) is 13.6 Å². The van der Waals surface area contributed by atoms with E-state index < -0.39 is 17.5 Å². The van der Waals surface area contributed by atoms with Gasteiger partial charge in [0.15, 0.2) is 0 Å². The van der Waals surface area contributed by atoms with Crippen LogP contribution >= 0.6 is 0 Å². The van der Waals surface area contributed by atoms with Crippen molar-refractivity contribution < 1.29 is 23.0 Å². The van der Waals surface area contributed by atoms with Crippen molar-refractivity contribution in [2.45, 2.75) is 72.6 Å². The number of carbonyl (C=O) groups is 1. The molecule has 0 aliphatic rings. The Balaban J connectivity index is 0.00000177. The number of unbranched alkanes of at least 4 members (excludes halogenated alkanes) is 1. The van der Waals surface area contributed by atoms with Crippen LogP contribution < -0.4 is 20.7 Å². The number of benzene rings is 2. The lowest BCUT2D eigenvalue weighted by atomic mass is 10.1. The number of methoxy groups -OCH3 is 1. The van der Waals surface area contributed by atoms with Crippen LogP contribution in [0.2, 0.25) is 0 Å². The molecular weight excluding hydrogens is 502 g/mol. The number of anilines is 2. The van der Waals surface area contributed by atoms with Crippen molar-refractivity contribution in [3.63, 3.8) is 0 Å². The molecule has 0 radical (unpaired) electrons. The molecule has 0 aromatic heterocycles. The molecule has 2 aromatic rings. The van der Waals surface area contributed by atoms with E-state index in [1.165, 1.54) is 32.8 Å². The van der Waals surface area contributed by atoms with E-state index in [0.29, 0.717) is 35.1 Å². The molecule has 39 heavy (non-hydrogen) atoms. The van der Waals surface area contributed by atoms with E-state index in [2.05, 4.69) is 41.4 Å². The molecule has 2 rings (SSSR count). The Morgan fingerprint density at radius 2 is 1.72 bits per heavy atom. The average Bonchev–Trinajstić information content (AvgIpc) is 2.84. The molecule has 0 aliphatic heterocycles. The maximum Gasteiger partial charge on any atom is 0.319 e. The van der Waals surface area contributed by atoms with Crippen LogP contribution in [0.1, 0.15) is 66.4 Å². The van der Waals surface area contributed by atoms with E-state index in [1.807, 2.05) is 6.92 Å². The van der Waals surface area contributed by atoms with E-state index in [1.54, 1.807) is 50.6 Å². The molecule has 1 atom stereocenters. The monoisotopic (exact) mass is 546 g/mol. The number of carbonyl (C=O) groups excluding carboxylic acids is 1. The smallest absolute Gasteiger partial charge is 0.319 e. The number of alkyl halides is 1. The van der Waals surface area contributed by atoms with Crippen LogP contribution in [0.25, 0.3) is 5.70 Å². The highest BCUT2D eigenvalue weighted by molar-refractivity contribution is 5.90. The van der Waals surface area contributed by atoms with Gasteiger partial charge in [0.05, 0.1) is 17.9 Å². The molecule has 0 fully saturated rings. The van der Waals surface area contributed by atoms with Crippen molar-refractivity contribution in [1.82, 2.24) is 5.32 Å². The van der Waals surface area contributed by atoms with Crippen LogP contribution in [-0.4, -0.2) is 44.3 Å². The summed E-state index contributed by atoms with van der Waals surface area (Å²) in [6.45, 7) is 15.4. The lowest BCUT2D eigenvalue weighted by molar-refractivity contribution is 0.0919. The van der Waals surface area contributed by atoms with Crippen molar-refractivity contribution in [3.8, 4) is 5.75 Å². The molecule has 0 bridgehead atoms. The zero-order valence-electron chi connectivity index (χ0n) is 24.3. The molecule has 0 saturated heterocycles. The van der Waals surface area contributed by atoms with Gasteiger partial charge in [-0.1, -0.05) is 33.3 Å². The van der Waals surface area contributed by atoms with Crippen LogP contribution in [0, 0.1) is 5.82 Å². The number of ether oxygens (including phenoxy) is 2. The van der Waals surface area contributed by atoms with Gasteiger partial charge in [0, 0.05) is 49.1 Å². The first-order chi connectivity index (χ1) is 18.4. The second-order valence-corrected chi connectivity index (χ2v) is 9.60. The largest absolute Gasteiger partial charge is 0.488 e. The fourth-order valence-electron chi connectivity index (χ4n) is 3.20. The highest BCUT2D eigenvalue weighted by Gasteiger charge is 2.17.